The predicted molar refractivity (Wildman–Crippen MR) is 60.4 cm³/mol. The third-order valence-corrected chi connectivity index (χ3v) is 2.23. The van der Waals surface area contributed by atoms with E-state index in [0.29, 0.717) is 0 Å². The van der Waals surface area contributed by atoms with E-state index in [9.17, 15) is 4.79 Å². The van der Waals surface area contributed by atoms with Crippen LogP contribution in [0, 0.1) is 0 Å². The molecule has 1 unspecified atom stereocenters. The van der Waals surface area contributed by atoms with Crippen molar-refractivity contribution < 1.29 is 9.53 Å². The highest BCUT2D eigenvalue weighted by Crippen LogP contribution is 2.37. The molecule has 0 aliphatic heterocycles. The highest BCUT2D eigenvalue weighted by atomic mass is 35.6. The summed E-state index contributed by atoms with van der Waals surface area (Å²) < 4.78 is 3.22. The Hall–Kier alpha value is 0.630. The maximum Gasteiger partial charge on any atom is 0.303 e. The van der Waals surface area contributed by atoms with Crippen molar-refractivity contribution >= 4 is 52.4 Å². The zero-order chi connectivity index (χ0) is 11.6. The summed E-state index contributed by atoms with van der Waals surface area (Å²) in [7, 11) is 0. The molecule has 0 aromatic rings. The van der Waals surface area contributed by atoms with E-state index in [1.54, 1.807) is 13.8 Å². The summed E-state index contributed by atoms with van der Waals surface area (Å²) in [6, 6.07) is 0. The van der Waals surface area contributed by atoms with Crippen LogP contribution >= 0.6 is 46.4 Å². The fourth-order valence-electron chi connectivity index (χ4n) is 0.865. The van der Waals surface area contributed by atoms with Gasteiger partial charge in [-0.2, -0.15) is 0 Å². The van der Waals surface area contributed by atoms with Crippen LogP contribution in [0.2, 0.25) is 0 Å². The SMILES string of the molecule is CC(=O)OC(CC(C)(C)Cl)C(Cl)(Cl)Cl. The summed E-state index contributed by atoms with van der Waals surface area (Å²) in [4.78, 5) is 10.2. The Morgan fingerprint density at radius 1 is 1.29 bits per heavy atom. The average molecular weight is 282 g/mol. The maximum absolute atomic E-state index is 10.7. The molecule has 0 saturated carbocycles. The molecule has 84 valence electrons. The molecular weight excluding hydrogens is 270 g/mol. The Morgan fingerprint density at radius 3 is 1.93 bits per heavy atom. The van der Waals surface area contributed by atoms with Crippen molar-refractivity contribution in [3.8, 4) is 0 Å². The quantitative estimate of drug-likeness (QED) is 0.582. The van der Waals surface area contributed by atoms with E-state index in [-0.39, 0.29) is 6.42 Å². The Labute approximate surface area is 104 Å². The number of carbonyl (C=O) groups excluding carboxylic acids is 1. The van der Waals surface area contributed by atoms with Crippen molar-refractivity contribution in [2.24, 2.45) is 0 Å². The largest absolute Gasteiger partial charge is 0.458 e. The van der Waals surface area contributed by atoms with E-state index in [4.69, 9.17) is 51.1 Å². The van der Waals surface area contributed by atoms with Gasteiger partial charge in [0.05, 0.1) is 0 Å². The van der Waals surface area contributed by atoms with Gasteiger partial charge < -0.3 is 4.74 Å². The molecule has 1 atom stereocenters. The molecule has 0 heterocycles. The lowest BCUT2D eigenvalue weighted by molar-refractivity contribution is -0.146. The van der Waals surface area contributed by atoms with Crippen LogP contribution in [0.4, 0.5) is 0 Å². The highest BCUT2D eigenvalue weighted by molar-refractivity contribution is 6.68. The van der Waals surface area contributed by atoms with Crippen molar-refractivity contribution in [3.63, 3.8) is 0 Å². The van der Waals surface area contributed by atoms with Gasteiger partial charge in [0.25, 0.3) is 0 Å². The fourth-order valence-corrected chi connectivity index (χ4v) is 1.37. The maximum atomic E-state index is 10.7. The summed E-state index contributed by atoms with van der Waals surface area (Å²) in [5.74, 6) is -0.498. The van der Waals surface area contributed by atoms with Crippen LogP contribution in [0.3, 0.4) is 0 Å². The number of alkyl halides is 4. The molecule has 0 bridgehead atoms. The molecule has 0 spiro atoms. The van der Waals surface area contributed by atoms with E-state index in [1.807, 2.05) is 0 Å². The fraction of sp³-hybridized carbons (Fsp3) is 0.875. The van der Waals surface area contributed by atoms with Crippen LogP contribution in [0.5, 0.6) is 0 Å². The standard InChI is InChI=1S/C8H12Cl4O2/c1-5(13)14-6(8(10,11)12)4-7(2,3)9/h6H,4H2,1-3H3. The molecule has 0 aromatic heterocycles. The first-order chi connectivity index (χ1) is 6.02. The Kier molecular flexibility index (Phi) is 5.34. The number of esters is 1. The minimum atomic E-state index is -1.65. The van der Waals surface area contributed by atoms with Crippen LogP contribution in [0.1, 0.15) is 27.2 Å². The van der Waals surface area contributed by atoms with Crippen molar-refractivity contribution in [1.29, 1.82) is 0 Å². The van der Waals surface area contributed by atoms with Gasteiger partial charge in [-0.05, 0) is 13.8 Å². The number of ether oxygens (including phenoxy) is 1. The van der Waals surface area contributed by atoms with Gasteiger partial charge in [0.1, 0.15) is 0 Å². The third-order valence-electron chi connectivity index (χ3n) is 1.34. The van der Waals surface area contributed by atoms with Crippen molar-refractivity contribution in [1.82, 2.24) is 0 Å². The van der Waals surface area contributed by atoms with Gasteiger partial charge in [0.2, 0.25) is 3.79 Å². The number of hydrogen-bond acceptors (Lipinski definition) is 2. The van der Waals surface area contributed by atoms with E-state index in [1.165, 1.54) is 6.92 Å². The first-order valence-electron chi connectivity index (χ1n) is 3.95. The molecule has 0 rings (SSSR count). The lowest BCUT2D eigenvalue weighted by Crippen LogP contribution is -2.35. The van der Waals surface area contributed by atoms with Gasteiger partial charge in [-0.25, -0.2) is 0 Å². The minimum absolute atomic E-state index is 0.268. The summed E-state index contributed by atoms with van der Waals surface area (Å²) in [6.45, 7) is 4.76. The van der Waals surface area contributed by atoms with Crippen molar-refractivity contribution in [2.45, 2.75) is 42.0 Å². The summed E-state index contributed by atoms with van der Waals surface area (Å²) >= 11 is 22.9. The summed E-state index contributed by atoms with van der Waals surface area (Å²) in [6.07, 6.45) is -0.567. The van der Waals surface area contributed by atoms with E-state index >= 15 is 0 Å². The molecule has 6 heteroatoms. The van der Waals surface area contributed by atoms with Gasteiger partial charge in [-0.1, -0.05) is 34.8 Å². The second-order valence-corrected chi connectivity index (χ2v) is 6.95. The van der Waals surface area contributed by atoms with Crippen LogP contribution in [-0.2, 0) is 9.53 Å². The van der Waals surface area contributed by atoms with E-state index in [2.05, 4.69) is 0 Å². The molecule has 14 heavy (non-hydrogen) atoms. The first-order valence-corrected chi connectivity index (χ1v) is 5.46. The molecule has 0 amide bonds. The van der Waals surface area contributed by atoms with Crippen molar-refractivity contribution in [2.75, 3.05) is 0 Å². The molecule has 2 nitrogen and oxygen atoms in total. The molecule has 0 aromatic carbocycles. The second kappa shape index (κ2) is 5.11. The van der Waals surface area contributed by atoms with Gasteiger partial charge in [0, 0.05) is 18.2 Å². The number of halogens is 4. The monoisotopic (exact) mass is 280 g/mol. The van der Waals surface area contributed by atoms with Crippen LogP contribution in [0.25, 0.3) is 0 Å². The summed E-state index contributed by atoms with van der Waals surface area (Å²) in [5, 5.41) is 0. The van der Waals surface area contributed by atoms with Crippen molar-refractivity contribution in [3.05, 3.63) is 0 Å². The molecule has 0 aliphatic carbocycles. The Morgan fingerprint density at radius 2 is 1.71 bits per heavy atom. The second-order valence-electron chi connectivity index (χ2n) is 3.56. The normalized spacial score (nSPS) is 15.1. The van der Waals surface area contributed by atoms with Crippen LogP contribution in [0.15, 0.2) is 0 Å². The van der Waals surface area contributed by atoms with Gasteiger partial charge in [0.15, 0.2) is 6.10 Å². The number of hydrogen-bond donors (Lipinski definition) is 0. The van der Waals surface area contributed by atoms with E-state index < -0.39 is 20.7 Å². The smallest absolute Gasteiger partial charge is 0.303 e. The summed E-state index contributed by atoms with van der Waals surface area (Å²) in [5.41, 5.74) is 0. The third kappa shape index (κ3) is 6.99. The minimum Gasteiger partial charge on any atom is -0.458 e. The Bertz CT molecular complexity index is 204. The average Bonchev–Trinajstić information content (AvgIpc) is 1.78. The molecule has 0 fully saturated rings. The van der Waals surface area contributed by atoms with Gasteiger partial charge in [-0.15, -0.1) is 11.6 Å². The van der Waals surface area contributed by atoms with Crippen LogP contribution < -0.4 is 0 Å². The Balaban J connectivity index is 4.50. The number of carbonyl (C=O) groups is 1. The highest BCUT2D eigenvalue weighted by Gasteiger charge is 2.38. The molecule has 0 saturated heterocycles. The first kappa shape index (κ1) is 14.6. The lowest BCUT2D eigenvalue weighted by Gasteiger charge is -2.28. The lowest BCUT2D eigenvalue weighted by atomic mass is 10.1. The zero-order valence-corrected chi connectivity index (χ0v) is 11.1. The zero-order valence-electron chi connectivity index (χ0n) is 8.11. The van der Waals surface area contributed by atoms with Gasteiger partial charge in [-0.3, -0.25) is 4.79 Å². The van der Waals surface area contributed by atoms with Crippen LogP contribution in [-0.4, -0.2) is 20.7 Å². The van der Waals surface area contributed by atoms with Gasteiger partial charge >= 0.3 is 5.97 Å². The molecular formula is C8H12Cl4O2. The van der Waals surface area contributed by atoms with E-state index in [0.717, 1.165) is 0 Å². The predicted octanol–water partition coefficient (Wildman–Crippen LogP) is 3.70. The topological polar surface area (TPSA) is 26.3 Å². The molecule has 0 aliphatic rings. The molecule has 0 N–H and O–H groups in total. The number of rotatable bonds is 3. The molecule has 0 radical (unpaired) electrons.